The van der Waals surface area contributed by atoms with Crippen molar-refractivity contribution in [2.75, 3.05) is 39.5 Å². The smallest absolute Gasteiger partial charge is 0.291 e. The van der Waals surface area contributed by atoms with E-state index in [-0.39, 0.29) is 43.7 Å². The molecule has 0 saturated carbocycles. The van der Waals surface area contributed by atoms with Crippen LogP contribution in [0.2, 0.25) is 0 Å². The summed E-state index contributed by atoms with van der Waals surface area (Å²) in [6, 6.07) is 26.8. The van der Waals surface area contributed by atoms with Crippen molar-refractivity contribution in [1.29, 1.82) is 0 Å². The summed E-state index contributed by atoms with van der Waals surface area (Å²) in [6.07, 6.45) is 5.13. The maximum atomic E-state index is 13.2. The molecule has 25 nitrogen and oxygen atoms in total. The number of nitrogens with one attached hydrogen (secondary N) is 1. The van der Waals surface area contributed by atoms with Gasteiger partial charge in [0.25, 0.3) is 16.7 Å². The molecule has 0 spiro atoms. The summed E-state index contributed by atoms with van der Waals surface area (Å²) in [5.41, 5.74) is 18.6. The molecule has 14 aromatic rings. The number of thiazole rings is 3. The number of methoxy groups -OCH3 is 4. The van der Waals surface area contributed by atoms with Crippen LogP contribution in [0.1, 0.15) is 50.7 Å². The van der Waals surface area contributed by atoms with Crippen LogP contribution >= 0.6 is 34.0 Å². The van der Waals surface area contributed by atoms with Crippen molar-refractivity contribution in [3.8, 4) is 23.0 Å². The minimum atomic E-state index is -0.573. The Balaban J connectivity index is 0.000000142. The fraction of sp³-hybridized carbons (Fsp3) is 0.250. The molecule has 2 aromatic carbocycles. The normalized spacial score (nSPS) is 11.1. The highest BCUT2D eigenvalue weighted by molar-refractivity contribution is 7.20. The van der Waals surface area contributed by atoms with Gasteiger partial charge in [0.1, 0.15) is 51.2 Å². The van der Waals surface area contributed by atoms with E-state index in [2.05, 4.69) is 50.5 Å². The Kier molecular flexibility index (Phi) is 19.7. The van der Waals surface area contributed by atoms with Crippen LogP contribution < -0.4 is 52.4 Å². The number of anilines is 2. The van der Waals surface area contributed by atoms with E-state index in [0.717, 1.165) is 102 Å². The molecule has 0 amide bonds. The predicted molar refractivity (Wildman–Crippen MR) is 364 cm³/mol. The lowest BCUT2D eigenvalue weighted by molar-refractivity contribution is 0.391. The van der Waals surface area contributed by atoms with Crippen LogP contribution in [0, 0.1) is 26.7 Å². The van der Waals surface area contributed by atoms with Gasteiger partial charge in [-0.25, -0.2) is 43.9 Å². The molecule has 0 saturated heterocycles. The molecule has 0 radical (unpaired) electrons. The van der Waals surface area contributed by atoms with Gasteiger partial charge in [0.2, 0.25) is 5.95 Å². The maximum absolute atomic E-state index is 13.2. The highest BCUT2D eigenvalue weighted by Gasteiger charge is 2.21. The zero-order valence-electron chi connectivity index (χ0n) is 51.8. The Morgan fingerprint density at radius 1 is 0.505 bits per heavy atom. The van der Waals surface area contributed by atoms with Crippen molar-refractivity contribution in [2.45, 2.75) is 60.9 Å². The van der Waals surface area contributed by atoms with Crippen LogP contribution in [0.15, 0.2) is 124 Å². The summed E-state index contributed by atoms with van der Waals surface area (Å²) in [5.74, 6) is 3.58. The summed E-state index contributed by atoms with van der Waals surface area (Å²) in [7, 11) is 12.0. The molecule has 480 valence electrons. The predicted octanol–water partition coefficient (Wildman–Crippen LogP) is 9.44. The number of ether oxygens (including phenoxy) is 4. The fourth-order valence-corrected chi connectivity index (χ4v) is 13.4. The number of hydrogen-bond acceptors (Lipinski definition) is 22. The summed E-state index contributed by atoms with van der Waals surface area (Å²) in [5, 5.41) is 21.6. The van der Waals surface area contributed by atoms with Gasteiger partial charge in [0.05, 0.1) is 113 Å². The lowest BCUT2D eigenvalue weighted by Crippen LogP contribution is -2.25. The number of hydrogen-bond donors (Lipinski definition) is 3. The van der Waals surface area contributed by atoms with E-state index < -0.39 is 5.95 Å². The van der Waals surface area contributed by atoms with Crippen LogP contribution in [-0.2, 0) is 53.9 Å². The number of halogens is 1. The highest BCUT2D eigenvalue weighted by Crippen LogP contribution is 2.33. The second-order valence-electron chi connectivity index (χ2n) is 20.9. The van der Waals surface area contributed by atoms with E-state index in [1.54, 1.807) is 104 Å². The summed E-state index contributed by atoms with van der Waals surface area (Å²) in [6.45, 7) is 7.53. The molecule has 5 N–H and O–H groups in total. The van der Waals surface area contributed by atoms with Gasteiger partial charge in [-0.15, -0.1) is 34.0 Å². The molecule has 0 unspecified atom stereocenters. The van der Waals surface area contributed by atoms with Crippen LogP contribution in [0.5, 0.6) is 23.0 Å². The first-order chi connectivity index (χ1) is 44.4. The van der Waals surface area contributed by atoms with E-state index in [1.165, 1.54) is 20.1 Å². The van der Waals surface area contributed by atoms with Crippen molar-refractivity contribution in [3.63, 3.8) is 0 Å². The molecule has 0 bridgehead atoms. The van der Waals surface area contributed by atoms with Crippen molar-refractivity contribution in [2.24, 2.45) is 26.9 Å². The molecule has 0 aliphatic heterocycles. The number of pyridine rings is 3. The van der Waals surface area contributed by atoms with Gasteiger partial charge in [-0.1, -0.05) is 31.7 Å². The Morgan fingerprint density at radius 2 is 0.903 bits per heavy atom. The van der Waals surface area contributed by atoms with Gasteiger partial charge in [-0.05, 0) is 75.4 Å². The SMILES string of the molecule is C.COc1ccc(CN)c(OC)c1.COc1ccc(CNc2cccc(Cn3ncc4c5sc(C)nc5n(C)c4c3=O)n2)c(OC)c1.Cc1nc2c(s1)c1cnn(Cc3cccc(F)n3)c(=O)c1n2C.Cc1nc2c(s1)c1cnn(Cc3cccc(N)n3)c(=O)c1n2C. The molecule has 12 aromatic heterocycles. The number of fused-ring (bicyclic) bond motifs is 9. The number of nitrogens with two attached hydrogens (primary N) is 2. The lowest BCUT2D eigenvalue weighted by Gasteiger charge is -2.12. The number of nitrogen functional groups attached to an aromatic ring is 1. The maximum Gasteiger partial charge on any atom is 0.291 e. The van der Waals surface area contributed by atoms with Gasteiger partial charge in [0, 0.05) is 73.7 Å². The average molecular weight is 1320 g/mol. The van der Waals surface area contributed by atoms with E-state index in [0.29, 0.717) is 52.7 Å². The molecule has 12 heterocycles. The van der Waals surface area contributed by atoms with E-state index in [4.69, 9.17) is 30.4 Å². The van der Waals surface area contributed by atoms with E-state index in [1.807, 2.05) is 118 Å². The zero-order valence-corrected chi connectivity index (χ0v) is 54.2. The van der Waals surface area contributed by atoms with Gasteiger partial charge >= 0.3 is 0 Å². The first kappa shape index (κ1) is 65.5. The first-order valence-electron chi connectivity index (χ1n) is 28.5. The number of nitrogens with zero attached hydrogens (tertiary/aromatic N) is 15. The van der Waals surface area contributed by atoms with Crippen LogP contribution in [0.3, 0.4) is 0 Å². The van der Waals surface area contributed by atoms with Gasteiger partial charge in [0.15, 0.2) is 16.9 Å². The minimum absolute atomic E-state index is 0. The zero-order chi connectivity index (χ0) is 65.1. The Labute approximate surface area is 542 Å². The van der Waals surface area contributed by atoms with Crippen molar-refractivity contribution < 1.29 is 23.3 Å². The topological polar surface area (TPSA) is 298 Å². The van der Waals surface area contributed by atoms with Gasteiger partial charge in [-0.2, -0.15) is 19.7 Å². The fourth-order valence-electron chi connectivity index (χ4n) is 10.5. The highest BCUT2D eigenvalue weighted by atomic mass is 32.1. The largest absolute Gasteiger partial charge is 0.497 e. The number of benzene rings is 2. The van der Waals surface area contributed by atoms with Crippen molar-refractivity contribution >= 4 is 109 Å². The van der Waals surface area contributed by atoms with Crippen LogP contribution in [-0.4, -0.2) is 101 Å². The van der Waals surface area contributed by atoms with Gasteiger partial charge < -0.3 is 49.4 Å². The van der Waals surface area contributed by atoms with E-state index in [9.17, 15) is 18.8 Å². The third-order valence-electron chi connectivity index (χ3n) is 14.9. The van der Waals surface area contributed by atoms with Crippen LogP contribution in [0.25, 0.3) is 63.8 Å². The molecule has 29 heteroatoms. The number of aromatic nitrogens is 15. The second-order valence-corrected chi connectivity index (χ2v) is 24.5. The summed E-state index contributed by atoms with van der Waals surface area (Å²) in [4.78, 5) is 64.9. The first-order valence-corrected chi connectivity index (χ1v) is 30.9. The molecule has 93 heavy (non-hydrogen) atoms. The van der Waals surface area contributed by atoms with Crippen LogP contribution in [0.4, 0.5) is 16.0 Å². The standard InChI is InChI=1S/C24H24N6O3S.C15H12FN5OS.C15H14N6OS.C9H13NO2.CH4/c1-14-27-23-22(34-14)18-12-26-30(24(31)21(18)29(23)2)13-16-6-5-7-20(28-16)25-11-15-8-9-17(32-3)10-19(15)33-4;2*1-8-18-14-13(23-8)10-6-17-21(15(22)12(10)20(14)2)7-9-4-3-5-11(16)19-9;1-11-8-4-3-7(6-10)9(5-8)12-2;/h5-10,12H,11,13H2,1-4H3,(H,25,28);3-6H,7H2,1-2H3;3-6H,7H2,1-2H3,(H2,16,19);3-5H,6,10H2,1-2H3;1H4. The Morgan fingerprint density at radius 3 is 1.31 bits per heavy atom. The monoisotopic (exact) mass is 1310 g/mol. The Hall–Kier alpha value is -10.5. The van der Waals surface area contributed by atoms with E-state index >= 15 is 0 Å². The average Bonchev–Trinajstić information content (AvgIpc) is 1.62. The molecule has 14 rings (SSSR count). The summed E-state index contributed by atoms with van der Waals surface area (Å²) >= 11 is 4.69. The molecule has 0 aliphatic rings. The Bertz CT molecular complexity index is 5080. The third kappa shape index (κ3) is 13.5. The van der Waals surface area contributed by atoms with Crippen molar-refractivity contribution in [3.05, 3.63) is 190 Å². The molecule has 0 aliphatic carbocycles. The van der Waals surface area contributed by atoms with Crippen molar-refractivity contribution in [1.82, 2.24) is 72.9 Å². The number of aryl methyl sites for hydroxylation is 6. The lowest BCUT2D eigenvalue weighted by atomic mass is 10.2. The second kappa shape index (κ2) is 27.9. The summed E-state index contributed by atoms with van der Waals surface area (Å²) < 4.78 is 46.6. The molecular formula is C64H67FN18O7S3. The molecular weight excluding hydrogens is 1250 g/mol. The molecule has 0 atom stereocenters. The molecule has 0 fully saturated rings. The van der Waals surface area contributed by atoms with Gasteiger partial charge in [-0.3, -0.25) is 14.4 Å². The third-order valence-corrected chi connectivity index (χ3v) is 17.9. The quantitative estimate of drug-likeness (QED) is 0.0854. The minimum Gasteiger partial charge on any atom is -0.497 e. The number of rotatable bonds is 14.